The van der Waals surface area contributed by atoms with Crippen LogP contribution in [0.4, 0.5) is 0 Å². The summed E-state index contributed by atoms with van der Waals surface area (Å²) in [7, 11) is 3.66. The standard InChI is InChI=1S/C22H28N2O6S/c1-23(2)31(26,27)21-14-16(9-11-19(21)29-4)22(25)24-12-6-7-17(24)15-8-10-18(28-3)20(13-15)30-5/h8-11,13-14,17H,6-7,12H2,1-5H3. The van der Waals surface area contributed by atoms with Gasteiger partial charge in [-0.05, 0) is 48.7 Å². The number of amides is 1. The van der Waals surface area contributed by atoms with E-state index in [0.717, 1.165) is 22.7 Å². The molecule has 1 amide bonds. The molecule has 8 nitrogen and oxygen atoms in total. The molecule has 31 heavy (non-hydrogen) atoms. The van der Waals surface area contributed by atoms with Crippen molar-refractivity contribution in [2.75, 3.05) is 42.0 Å². The van der Waals surface area contributed by atoms with E-state index in [2.05, 4.69) is 0 Å². The summed E-state index contributed by atoms with van der Waals surface area (Å²) < 4.78 is 42.5. The normalized spacial score (nSPS) is 16.5. The third-order valence-corrected chi connectivity index (χ3v) is 7.31. The summed E-state index contributed by atoms with van der Waals surface area (Å²) in [5, 5.41) is 0. The molecule has 1 atom stereocenters. The number of hydrogen-bond donors (Lipinski definition) is 0. The number of sulfonamides is 1. The molecule has 1 heterocycles. The first-order valence-corrected chi connectivity index (χ1v) is 11.3. The average molecular weight is 449 g/mol. The van der Waals surface area contributed by atoms with Gasteiger partial charge in [0, 0.05) is 26.2 Å². The van der Waals surface area contributed by atoms with Crippen LogP contribution in [0.1, 0.15) is 34.8 Å². The lowest BCUT2D eigenvalue weighted by atomic mass is 10.0. The molecule has 1 fully saturated rings. The zero-order valence-electron chi connectivity index (χ0n) is 18.4. The molecule has 1 aliphatic heterocycles. The van der Waals surface area contributed by atoms with Gasteiger partial charge in [0.25, 0.3) is 5.91 Å². The Labute approximate surface area is 183 Å². The lowest BCUT2D eigenvalue weighted by Crippen LogP contribution is -2.31. The molecule has 9 heteroatoms. The van der Waals surface area contributed by atoms with Gasteiger partial charge in [-0.25, -0.2) is 12.7 Å². The number of methoxy groups -OCH3 is 3. The fraction of sp³-hybridized carbons (Fsp3) is 0.409. The Balaban J connectivity index is 1.97. The van der Waals surface area contributed by atoms with Crippen molar-refractivity contribution in [1.29, 1.82) is 0 Å². The van der Waals surface area contributed by atoms with Crippen molar-refractivity contribution in [3.05, 3.63) is 47.5 Å². The Morgan fingerprint density at radius 1 is 0.968 bits per heavy atom. The Bertz CT molecular complexity index is 1070. The van der Waals surface area contributed by atoms with Gasteiger partial charge in [0.05, 0.1) is 27.4 Å². The van der Waals surface area contributed by atoms with Crippen molar-refractivity contribution in [3.8, 4) is 17.2 Å². The van der Waals surface area contributed by atoms with Gasteiger partial charge in [0.15, 0.2) is 11.5 Å². The van der Waals surface area contributed by atoms with Gasteiger partial charge < -0.3 is 19.1 Å². The highest BCUT2D eigenvalue weighted by molar-refractivity contribution is 7.89. The topological polar surface area (TPSA) is 85.4 Å². The van der Waals surface area contributed by atoms with Crippen molar-refractivity contribution in [1.82, 2.24) is 9.21 Å². The number of likely N-dealkylation sites (tertiary alicyclic amines) is 1. The van der Waals surface area contributed by atoms with E-state index in [-0.39, 0.29) is 22.6 Å². The van der Waals surface area contributed by atoms with Gasteiger partial charge in [-0.15, -0.1) is 0 Å². The number of nitrogens with zero attached hydrogens (tertiary/aromatic N) is 2. The summed E-state index contributed by atoms with van der Waals surface area (Å²) >= 11 is 0. The number of benzene rings is 2. The van der Waals surface area contributed by atoms with Gasteiger partial charge in [-0.3, -0.25) is 4.79 Å². The van der Waals surface area contributed by atoms with E-state index in [1.165, 1.54) is 33.3 Å². The molecule has 0 spiro atoms. The molecule has 1 aliphatic rings. The number of rotatable bonds is 7. The van der Waals surface area contributed by atoms with Crippen LogP contribution in [0.2, 0.25) is 0 Å². The smallest absolute Gasteiger partial charge is 0.254 e. The minimum absolute atomic E-state index is 0.0345. The SMILES string of the molecule is COc1ccc(C2CCCN2C(=O)c2ccc(OC)c(S(=O)(=O)N(C)C)c2)cc1OC. The van der Waals surface area contributed by atoms with Crippen molar-refractivity contribution >= 4 is 15.9 Å². The zero-order chi connectivity index (χ0) is 22.8. The number of hydrogen-bond acceptors (Lipinski definition) is 6. The predicted octanol–water partition coefficient (Wildman–Crippen LogP) is 2.94. The molecule has 2 aromatic rings. The second kappa shape index (κ2) is 9.15. The molecule has 3 rings (SSSR count). The fourth-order valence-corrected chi connectivity index (χ4v) is 4.87. The molecule has 0 saturated carbocycles. The average Bonchev–Trinajstić information content (AvgIpc) is 3.27. The maximum atomic E-state index is 13.4. The van der Waals surface area contributed by atoms with Gasteiger partial charge in [-0.2, -0.15) is 0 Å². The van der Waals surface area contributed by atoms with Crippen LogP contribution in [-0.4, -0.2) is 65.5 Å². The maximum Gasteiger partial charge on any atom is 0.254 e. The van der Waals surface area contributed by atoms with E-state index in [0.29, 0.717) is 23.6 Å². The molecule has 1 saturated heterocycles. The van der Waals surface area contributed by atoms with Crippen molar-refractivity contribution in [3.63, 3.8) is 0 Å². The zero-order valence-corrected chi connectivity index (χ0v) is 19.2. The summed E-state index contributed by atoms with van der Waals surface area (Å²) in [5.74, 6) is 1.19. The molecular formula is C22H28N2O6S. The van der Waals surface area contributed by atoms with E-state index in [9.17, 15) is 13.2 Å². The minimum atomic E-state index is -3.77. The first kappa shape index (κ1) is 22.9. The second-order valence-electron chi connectivity index (χ2n) is 7.42. The van der Waals surface area contributed by atoms with E-state index in [4.69, 9.17) is 14.2 Å². The molecule has 1 unspecified atom stereocenters. The number of carbonyl (C=O) groups excluding carboxylic acids is 1. The molecule has 0 bridgehead atoms. The van der Waals surface area contributed by atoms with Crippen LogP contribution < -0.4 is 14.2 Å². The van der Waals surface area contributed by atoms with Crippen LogP contribution in [0.25, 0.3) is 0 Å². The van der Waals surface area contributed by atoms with E-state index in [1.807, 2.05) is 18.2 Å². The van der Waals surface area contributed by atoms with Crippen LogP contribution in [0.5, 0.6) is 17.2 Å². The van der Waals surface area contributed by atoms with Gasteiger partial charge >= 0.3 is 0 Å². The third-order valence-electron chi connectivity index (χ3n) is 5.48. The van der Waals surface area contributed by atoms with E-state index >= 15 is 0 Å². The number of carbonyl (C=O) groups is 1. The highest BCUT2D eigenvalue weighted by Crippen LogP contribution is 2.38. The molecule has 0 aromatic heterocycles. The van der Waals surface area contributed by atoms with Crippen LogP contribution >= 0.6 is 0 Å². The monoisotopic (exact) mass is 448 g/mol. The van der Waals surface area contributed by atoms with Crippen molar-refractivity contribution < 1.29 is 27.4 Å². The largest absolute Gasteiger partial charge is 0.495 e. The van der Waals surface area contributed by atoms with Gasteiger partial charge in [0.2, 0.25) is 10.0 Å². The minimum Gasteiger partial charge on any atom is -0.495 e. The van der Waals surface area contributed by atoms with Crippen LogP contribution in [0, 0.1) is 0 Å². The molecule has 0 radical (unpaired) electrons. The third kappa shape index (κ3) is 4.33. The highest BCUT2D eigenvalue weighted by atomic mass is 32.2. The first-order valence-electron chi connectivity index (χ1n) is 9.88. The molecule has 168 valence electrons. The predicted molar refractivity (Wildman–Crippen MR) is 116 cm³/mol. The van der Waals surface area contributed by atoms with Gasteiger partial charge in [-0.1, -0.05) is 6.07 Å². The fourth-order valence-electron chi connectivity index (χ4n) is 3.79. The van der Waals surface area contributed by atoms with Crippen LogP contribution in [0.3, 0.4) is 0 Å². The summed E-state index contributed by atoms with van der Waals surface area (Å²) in [4.78, 5) is 15.1. The van der Waals surface area contributed by atoms with E-state index in [1.54, 1.807) is 25.2 Å². The van der Waals surface area contributed by atoms with Gasteiger partial charge in [0.1, 0.15) is 10.6 Å². The quantitative estimate of drug-likeness (QED) is 0.648. The summed E-state index contributed by atoms with van der Waals surface area (Å²) in [6.45, 7) is 0.583. The summed E-state index contributed by atoms with van der Waals surface area (Å²) in [6.07, 6.45) is 1.66. The highest BCUT2D eigenvalue weighted by Gasteiger charge is 2.32. The second-order valence-corrected chi connectivity index (χ2v) is 9.54. The lowest BCUT2D eigenvalue weighted by Gasteiger charge is -2.26. The molecular weight excluding hydrogens is 420 g/mol. The Morgan fingerprint density at radius 3 is 2.23 bits per heavy atom. The summed E-state index contributed by atoms with van der Waals surface area (Å²) in [6, 6.07) is 10.00. The first-order chi connectivity index (χ1) is 14.7. The Morgan fingerprint density at radius 2 is 1.61 bits per heavy atom. The van der Waals surface area contributed by atoms with Crippen LogP contribution in [0.15, 0.2) is 41.3 Å². The molecule has 0 N–H and O–H groups in total. The van der Waals surface area contributed by atoms with E-state index < -0.39 is 10.0 Å². The van der Waals surface area contributed by atoms with Crippen molar-refractivity contribution in [2.24, 2.45) is 0 Å². The summed E-state index contributed by atoms with van der Waals surface area (Å²) in [5.41, 5.74) is 1.24. The van der Waals surface area contributed by atoms with Crippen molar-refractivity contribution in [2.45, 2.75) is 23.8 Å². The molecule has 2 aromatic carbocycles. The Kier molecular flexibility index (Phi) is 6.76. The number of ether oxygens (including phenoxy) is 3. The Hall–Kier alpha value is -2.78. The lowest BCUT2D eigenvalue weighted by molar-refractivity contribution is 0.0735. The molecule has 0 aliphatic carbocycles. The van der Waals surface area contributed by atoms with Crippen LogP contribution in [-0.2, 0) is 10.0 Å². The maximum absolute atomic E-state index is 13.4.